The summed E-state index contributed by atoms with van der Waals surface area (Å²) >= 11 is 0. The van der Waals surface area contributed by atoms with Crippen molar-refractivity contribution in [3.63, 3.8) is 0 Å². The van der Waals surface area contributed by atoms with Gasteiger partial charge < -0.3 is 36.6 Å². The zero-order valence-corrected chi connectivity index (χ0v) is 19.9. The Labute approximate surface area is 211 Å². The number of hydrogen-bond acceptors (Lipinski definition) is 9. The fraction of sp³-hybridized carbons (Fsp3) is 0.296. The van der Waals surface area contributed by atoms with Crippen molar-refractivity contribution < 1.29 is 39.5 Å². The smallest absolute Gasteiger partial charge is 0.255 e. The molecule has 5 rings (SSSR count). The van der Waals surface area contributed by atoms with Crippen molar-refractivity contribution in [3.8, 4) is 22.6 Å². The van der Waals surface area contributed by atoms with Crippen LogP contribution in [0, 0.1) is 11.8 Å². The number of ketones is 2. The van der Waals surface area contributed by atoms with E-state index in [0.29, 0.717) is 16.9 Å². The molecule has 1 saturated carbocycles. The molecule has 2 aromatic rings. The molecule has 3 atom stereocenters. The maximum Gasteiger partial charge on any atom is 0.255 e. The number of ether oxygens (including phenoxy) is 1. The lowest BCUT2D eigenvalue weighted by atomic mass is 9.59. The van der Waals surface area contributed by atoms with Crippen LogP contribution in [-0.2, 0) is 27.3 Å². The molecular weight excluding hydrogens is 480 g/mol. The minimum atomic E-state index is -2.59. The number of aromatic hydroxyl groups is 1. The first kappa shape index (κ1) is 24.5. The topological polar surface area (TPSA) is 193 Å². The lowest BCUT2D eigenvalue weighted by Crippen LogP contribution is -2.58. The third-order valence-corrected chi connectivity index (χ3v) is 7.76. The Kier molecular flexibility index (Phi) is 5.61. The van der Waals surface area contributed by atoms with Crippen LogP contribution in [0.2, 0.25) is 0 Å². The first-order chi connectivity index (χ1) is 17.5. The number of phenolic OH excluding ortho intramolecular Hbond substituents is 1. The predicted molar refractivity (Wildman–Crippen MR) is 131 cm³/mol. The predicted octanol–water partition coefficient (Wildman–Crippen LogP) is 1.56. The van der Waals surface area contributed by atoms with E-state index in [9.17, 15) is 34.8 Å². The van der Waals surface area contributed by atoms with Crippen molar-refractivity contribution in [1.29, 1.82) is 0 Å². The lowest BCUT2D eigenvalue weighted by molar-refractivity contribution is -0.147. The summed E-state index contributed by atoms with van der Waals surface area (Å²) in [5, 5.41) is 43.9. The highest BCUT2D eigenvalue weighted by molar-refractivity contribution is 6.22. The number of rotatable bonds is 4. The summed E-state index contributed by atoms with van der Waals surface area (Å²) in [4.78, 5) is 37.9. The summed E-state index contributed by atoms with van der Waals surface area (Å²) in [6, 6.07) is 8.53. The number of hydrogen-bond donors (Lipinski definition) is 6. The van der Waals surface area contributed by atoms with Gasteiger partial charge in [-0.3, -0.25) is 14.4 Å². The van der Waals surface area contributed by atoms with Crippen LogP contribution in [0.5, 0.6) is 11.5 Å². The van der Waals surface area contributed by atoms with E-state index in [2.05, 4.69) is 0 Å². The number of carbonyl (C=O) groups excluding carboxylic acids is 3. The molecule has 8 N–H and O–H groups in total. The Morgan fingerprint density at radius 1 is 1.14 bits per heavy atom. The summed E-state index contributed by atoms with van der Waals surface area (Å²) < 4.78 is 5.35. The van der Waals surface area contributed by atoms with E-state index in [1.54, 1.807) is 12.1 Å². The second-order valence-corrected chi connectivity index (χ2v) is 9.62. The molecule has 0 heterocycles. The van der Waals surface area contributed by atoms with Gasteiger partial charge in [0.15, 0.2) is 11.4 Å². The van der Waals surface area contributed by atoms with Gasteiger partial charge in [-0.2, -0.15) is 0 Å². The van der Waals surface area contributed by atoms with E-state index < -0.39 is 52.0 Å². The van der Waals surface area contributed by atoms with Crippen molar-refractivity contribution in [2.75, 3.05) is 7.11 Å². The van der Waals surface area contributed by atoms with Gasteiger partial charge in [-0.15, -0.1) is 0 Å². The Balaban J connectivity index is 1.69. The minimum Gasteiger partial charge on any atom is -0.508 e. The molecule has 3 unspecified atom stereocenters. The van der Waals surface area contributed by atoms with Gasteiger partial charge in [0.25, 0.3) is 5.91 Å². The van der Waals surface area contributed by atoms with E-state index in [1.165, 1.54) is 13.2 Å². The Bertz CT molecular complexity index is 1460. The maximum atomic E-state index is 13.6. The maximum absolute atomic E-state index is 13.6. The first-order valence-corrected chi connectivity index (χ1v) is 11.7. The summed E-state index contributed by atoms with van der Waals surface area (Å²) in [6.07, 6.45) is -0.0933. The van der Waals surface area contributed by atoms with Crippen LogP contribution in [-0.4, -0.2) is 50.6 Å². The number of Topliss-reactive ketones (excluding diaryl/α,β-unsaturated/α-hetero) is 2. The number of amides is 1. The van der Waals surface area contributed by atoms with Crippen molar-refractivity contribution >= 4 is 23.2 Å². The fourth-order valence-corrected chi connectivity index (χ4v) is 6.00. The van der Waals surface area contributed by atoms with E-state index in [1.807, 2.05) is 12.1 Å². The molecule has 192 valence electrons. The lowest BCUT2D eigenvalue weighted by Gasteiger charge is -2.46. The molecule has 0 aromatic heterocycles. The largest absolute Gasteiger partial charge is 0.508 e. The monoisotopic (exact) mass is 506 g/mol. The number of primary amides is 1. The average Bonchev–Trinajstić information content (AvgIpc) is 2.85. The number of fused-ring (bicyclic) bond motifs is 3. The first-order valence-electron chi connectivity index (χ1n) is 11.7. The zero-order chi connectivity index (χ0) is 26.8. The number of methoxy groups -OCH3 is 1. The van der Waals surface area contributed by atoms with Gasteiger partial charge in [-0.1, -0.05) is 12.1 Å². The van der Waals surface area contributed by atoms with Crippen molar-refractivity contribution in [1.82, 2.24) is 0 Å². The number of carbonyl (C=O) groups is 3. The normalized spacial score (nSPS) is 24.9. The molecule has 10 nitrogen and oxygen atoms in total. The van der Waals surface area contributed by atoms with E-state index in [0.717, 1.165) is 11.1 Å². The highest BCUT2D eigenvalue weighted by Crippen LogP contribution is 2.53. The summed E-state index contributed by atoms with van der Waals surface area (Å²) in [6.45, 7) is 0.225. The molecule has 0 saturated heterocycles. The number of aliphatic hydroxyl groups excluding tert-OH is 2. The van der Waals surface area contributed by atoms with Crippen molar-refractivity contribution in [2.45, 2.75) is 31.4 Å². The number of benzene rings is 2. The van der Waals surface area contributed by atoms with Gasteiger partial charge in [-0.25, -0.2) is 0 Å². The molecule has 0 spiro atoms. The molecule has 0 bridgehead atoms. The molecule has 3 aliphatic carbocycles. The van der Waals surface area contributed by atoms with Crippen LogP contribution in [0.1, 0.15) is 29.5 Å². The molecule has 2 aromatic carbocycles. The van der Waals surface area contributed by atoms with Crippen LogP contribution < -0.4 is 16.2 Å². The summed E-state index contributed by atoms with van der Waals surface area (Å²) in [5.74, 6) is -5.96. The van der Waals surface area contributed by atoms with Gasteiger partial charge in [0, 0.05) is 30.0 Å². The Morgan fingerprint density at radius 3 is 2.51 bits per heavy atom. The number of nitrogens with two attached hydrogens (primary N) is 2. The highest BCUT2D eigenvalue weighted by atomic mass is 16.5. The third-order valence-electron chi connectivity index (χ3n) is 7.76. The standard InChI is InChI=1S/C27H26N2O8/c1-37-19-5-2-11(6-13(19)10-28)15-3-4-17(30)21-16(15)8-12-7-14-9-18(31)22(26(29)35)25(34)27(14,36)24(33)20(12)23(21)32/h2-6,12,14,30,32,34,36H,7-10,28H2,1H3,(H2,29,35). The van der Waals surface area contributed by atoms with E-state index >= 15 is 0 Å². The molecule has 10 heteroatoms. The molecule has 1 amide bonds. The minimum absolute atomic E-state index is 0.0368. The second-order valence-electron chi connectivity index (χ2n) is 9.62. The zero-order valence-electron chi connectivity index (χ0n) is 19.9. The van der Waals surface area contributed by atoms with E-state index in [-0.39, 0.29) is 42.7 Å². The molecule has 3 aliphatic rings. The summed E-state index contributed by atoms with van der Waals surface area (Å²) in [5.41, 5.74) is 10.3. The molecule has 37 heavy (non-hydrogen) atoms. The highest BCUT2D eigenvalue weighted by Gasteiger charge is 2.60. The molecule has 0 aliphatic heterocycles. The van der Waals surface area contributed by atoms with Crippen LogP contribution >= 0.6 is 0 Å². The van der Waals surface area contributed by atoms with Crippen molar-refractivity contribution in [3.05, 3.63) is 63.9 Å². The second kappa shape index (κ2) is 8.46. The van der Waals surface area contributed by atoms with E-state index in [4.69, 9.17) is 16.2 Å². The Hall–Kier alpha value is -4.15. The summed E-state index contributed by atoms with van der Waals surface area (Å²) in [7, 11) is 1.54. The average molecular weight is 507 g/mol. The van der Waals surface area contributed by atoms with Crippen LogP contribution in [0.25, 0.3) is 16.9 Å². The molecule has 0 radical (unpaired) electrons. The van der Waals surface area contributed by atoms with Gasteiger partial charge in [0.2, 0.25) is 5.78 Å². The quantitative estimate of drug-likeness (QED) is 0.334. The van der Waals surface area contributed by atoms with Gasteiger partial charge >= 0.3 is 0 Å². The van der Waals surface area contributed by atoms with Gasteiger partial charge in [-0.05, 0) is 53.6 Å². The Morgan fingerprint density at radius 2 is 1.86 bits per heavy atom. The SMILES string of the molecule is COc1ccc(-c2ccc(O)c3c2CC2CC4CC(=O)C(C(N)=O)=C(O)C4(O)C(=O)C2=C3O)cc1CN. The molecular formula is C27H26N2O8. The number of aliphatic hydroxyl groups is 3. The fourth-order valence-electron chi connectivity index (χ4n) is 6.00. The third kappa shape index (κ3) is 3.36. The van der Waals surface area contributed by atoms with Crippen molar-refractivity contribution in [2.24, 2.45) is 23.3 Å². The molecule has 1 fully saturated rings. The van der Waals surface area contributed by atoms with Crippen LogP contribution in [0.3, 0.4) is 0 Å². The number of phenols is 1. The van der Waals surface area contributed by atoms with Gasteiger partial charge in [0.05, 0.1) is 12.7 Å². The van der Waals surface area contributed by atoms with Crippen LogP contribution in [0.4, 0.5) is 0 Å². The van der Waals surface area contributed by atoms with Crippen LogP contribution in [0.15, 0.2) is 47.2 Å². The van der Waals surface area contributed by atoms with Gasteiger partial charge in [0.1, 0.15) is 28.6 Å².